The predicted octanol–water partition coefficient (Wildman–Crippen LogP) is 3.58. The van der Waals surface area contributed by atoms with Gasteiger partial charge in [0.1, 0.15) is 5.75 Å². The topological polar surface area (TPSA) is 163 Å². The Morgan fingerprint density at radius 1 is 1.13 bits per heavy atom. The highest BCUT2D eigenvalue weighted by molar-refractivity contribution is 6.71. The molecule has 14 heteroatoms. The molecule has 1 fully saturated rings. The maximum atomic E-state index is 14.7. The van der Waals surface area contributed by atoms with Gasteiger partial charge >= 0.3 is 0 Å². The molecule has 13 nitrogen and oxygen atoms in total. The van der Waals surface area contributed by atoms with Crippen molar-refractivity contribution in [2.45, 2.75) is 88.9 Å². The lowest BCUT2D eigenvalue weighted by atomic mass is 9.82. The van der Waals surface area contributed by atoms with Crippen LogP contribution in [-0.4, -0.2) is 95.2 Å². The van der Waals surface area contributed by atoms with E-state index < -0.39 is 26.1 Å². The minimum absolute atomic E-state index is 0.0216. The Morgan fingerprint density at radius 3 is 2.63 bits per heavy atom. The van der Waals surface area contributed by atoms with Crippen molar-refractivity contribution in [3.8, 4) is 5.75 Å². The lowest BCUT2D eigenvalue weighted by Gasteiger charge is -2.36. The van der Waals surface area contributed by atoms with Crippen LogP contribution in [0.3, 0.4) is 0 Å². The van der Waals surface area contributed by atoms with E-state index in [0.717, 1.165) is 23.4 Å². The highest BCUT2D eigenvalue weighted by atomic mass is 28.4. The van der Waals surface area contributed by atoms with E-state index in [1.165, 1.54) is 0 Å². The van der Waals surface area contributed by atoms with E-state index in [4.69, 9.17) is 9.47 Å². The lowest BCUT2D eigenvalue weighted by molar-refractivity contribution is -0.145. The number of amides is 2. The molecule has 280 valence electrons. The van der Waals surface area contributed by atoms with Crippen molar-refractivity contribution in [1.82, 2.24) is 20.3 Å². The first-order chi connectivity index (χ1) is 25.0. The van der Waals surface area contributed by atoms with Crippen molar-refractivity contribution < 1.29 is 34.1 Å². The Hall–Kier alpha value is -3.92. The molecule has 1 spiro atoms. The second kappa shape index (κ2) is 15.6. The van der Waals surface area contributed by atoms with Gasteiger partial charge in [0.2, 0.25) is 5.91 Å². The van der Waals surface area contributed by atoms with Crippen molar-refractivity contribution in [3.63, 3.8) is 0 Å². The molecule has 1 saturated heterocycles. The van der Waals surface area contributed by atoms with Crippen LogP contribution >= 0.6 is 0 Å². The summed E-state index contributed by atoms with van der Waals surface area (Å²) >= 11 is 0. The number of ether oxygens (including phenoxy) is 2. The number of nitrogens with zero attached hydrogens (tertiary/aromatic N) is 5. The quantitative estimate of drug-likeness (QED) is 0.0974. The van der Waals surface area contributed by atoms with Crippen molar-refractivity contribution >= 4 is 37.2 Å². The Bertz CT molecular complexity index is 1780. The highest BCUT2D eigenvalue weighted by Gasteiger charge is 2.66. The molecule has 3 aliphatic rings. The third kappa shape index (κ3) is 6.95. The first-order valence-electron chi connectivity index (χ1n) is 18.4. The van der Waals surface area contributed by atoms with Crippen molar-refractivity contribution in [2.75, 3.05) is 42.7 Å². The number of hydrogen-bond acceptors (Lipinski definition) is 10. The van der Waals surface area contributed by atoms with Gasteiger partial charge in [-0.05, 0) is 94.2 Å². The summed E-state index contributed by atoms with van der Waals surface area (Å²) in [6.07, 6.45) is 5.79. The van der Waals surface area contributed by atoms with E-state index in [2.05, 4.69) is 22.2 Å². The Morgan fingerprint density at radius 2 is 1.92 bits per heavy atom. The number of aromatic nitrogens is 3. The Kier molecular flexibility index (Phi) is 11.3. The minimum atomic E-state index is -2.92. The molecule has 6 rings (SSSR count). The smallest absolute Gasteiger partial charge is 0.264 e. The van der Waals surface area contributed by atoms with Gasteiger partial charge in [0.05, 0.1) is 35.8 Å². The summed E-state index contributed by atoms with van der Waals surface area (Å²) in [4.78, 5) is 44.3. The number of aliphatic hydroxyl groups excluding tert-OH is 2. The molecule has 0 bridgehead atoms. The number of aryl methyl sites for hydroxylation is 1. The average Bonchev–Trinajstić information content (AvgIpc) is 3.76. The van der Waals surface area contributed by atoms with E-state index in [9.17, 15) is 24.6 Å². The van der Waals surface area contributed by atoms with Crippen LogP contribution < -0.4 is 19.9 Å². The van der Waals surface area contributed by atoms with Crippen LogP contribution in [0.15, 0.2) is 55.3 Å². The largest absolute Gasteiger partial charge is 0.494 e. The van der Waals surface area contributed by atoms with E-state index in [1.807, 2.05) is 63.3 Å². The molecule has 0 aliphatic carbocycles. The second-order valence-corrected chi connectivity index (χ2v) is 18.5. The summed E-state index contributed by atoms with van der Waals surface area (Å²) in [6, 6.07) is 10.9. The lowest BCUT2D eigenvalue weighted by Crippen LogP contribution is -2.49. The molecule has 4 heterocycles. The molecule has 2 aromatic carbocycles. The molecule has 0 saturated carbocycles. The van der Waals surface area contributed by atoms with Gasteiger partial charge in [-0.25, -0.2) is 0 Å². The number of rotatable bonds is 16. The summed E-state index contributed by atoms with van der Waals surface area (Å²) in [7, 11) is -2.92. The number of hydrogen-bond donors (Lipinski definition) is 4. The number of carbonyl (C=O) groups excluding carboxylic acids is 2. The highest BCUT2D eigenvalue weighted by Crippen LogP contribution is 2.60. The number of carbonyl (C=O) groups is 2. The number of unbranched alkanes of at least 4 members (excludes halogenated alkanes) is 1. The minimum Gasteiger partial charge on any atom is -0.494 e. The van der Waals surface area contributed by atoms with Gasteiger partial charge in [0, 0.05) is 61.6 Å². The summed E-state index contributed by atoms with van der Waals surface area (Å²) < 4.78 is 14.6. The maximum Gasteiger partial charge on any atom is 0.264 e. The fourth-order valence-electron chi connectivity index (χ4n) is 8.44. The maximum absolute atomic E-state index is 14.7. The summed E-state index contributed by atoms with van der Waals surface area (Å²) in [5, 5.41) is 30.4. The van der Waals surface area contributed by atoms with Crippen LogP contribution in [-0.2, 0) is 39.3 Å². The third-order valence-electron chi connectivity index (χ3n) is 10.7. The first-order valence-corrected chi connectivity index (χ1v) is 21.4. The van der Waals surface area contributed by atoms with Gasteiger partial charge < -0.3 is 34.7 Å². The molecular formula is C38H52N6O7Si. The van der Waals surface area contributed by atoms with Gasteiger partial charge in [-0.15, -0.1) is 11.7 Å². The third-order valence-corrected chi connectivity index (χ3v) is 13.2. The number of aliphatic hydroxyl groups is 2. The van der Waals surface area contributed by atoms with Crippen LogP contribution in [0.1, 0.15) is 49.9 Å². The van der Waals surface area contributed by atoms with Crippen LogP contribution in [0.2, 0.25) is 18.6 Å². The number of anilines is 3. The standard InChI is InChI=1S/C38H52N6O7Si/c1-6-17-43-33-12-10-28(44-32-13-11-29(50-7-2)21-26(32)22-31(36(44)47)39-16-8-9-19-45)23-30(33)38(37(43)48)25(3)35(52(4,5)49)34(51-38)14-18-42-24-27(15-20-46)40-41-42/h6,10-13,21,23-25,31,34-35,39,45-46,49H,1,7-9,14-20,22H2,2-5H3/t25-,31?,34+,35-,38+/m0/s1. The molecule has 1 aromatic heterocycles. The Labute approximate surface area is 306 Å². The summed E-state index contributed by atoms with van der Waals surface area (Å²) in [5.74, 6) is 0.0132. The molecule has 2 amide bonds. The zero-order valence-electron chi connectivity index (χ0n) is 30.6. The van der Waals surface area contributed by atoms with Crippen LogP contribution in [0.4, 0.5) is 17.1 Å². The van der Waals surface area contributed by atoms with Gasteiger partial charge in [-0.2, -0.15) is 0 Å². The summed E-state index contributed by atoms with van der Waals surface area (Å²) in [5.41, 5.74) is 2.67. The van der Waals surface area contributed by atoms with Gasteiger partial charge in [0.25, 0.3) is 5.91 Å². The first kappa shape index (κ1) is 37.8. The normalized spacial score (nSPS) is 24.1. The second-order valence-electron chi connectivity index (χ2n) is 14.5. The molecule has 52 heavy (non-hydrogen) atoms. The number of nitrogens with one attached hydrogen (secondary N) is 1. The molecule has 3 aromatic rings. The van der Waals surface area contributed by atoms with E-state index >= 15 is 0 Å². The molecule has 0 radical (unpaired) electrons. The van der Waals surface area contributed by atoms with Crippen LogP contribution in [0, 0.1) is 5.92 Å². The van der Waals surface area contributed by atoms with Crippen molar-refractivity contribution in [2.24, 2.45) is 5.92 Å². The van der Waals surface area contributed by atoms with E-state index in [1.54, 1.807) is 26.8 Å². The fraction of sp³-hybridized carbons (Fsp3) is 0.526. The predicted molar refractivity (Wildman–Crippen MR) is 200 cm³/mol. The number of benzene rings is 2. The van der Waals surface area contributed by atoms with E-state index in [0.29, 0.717) is 68.0 Å². The monoisotopic (exact) mass is 732 g/mol. The van der Waals surface area contributed by atoms with Gasteiger partial charge in [-0.1, -0.05) is 18.2 Å². The van der Waals surface area contributed by atoms with Gasteiger partial charge in [0.15, 0.2) is 13.9 Å². The SMILES string of the molecule is C=CCN1C(=O)[C@]2(O[C@H](CCn3cc(CCO)nn3)[C@@H]([Si](C)(C)O)[C@@H]2C)c2cc(N3C(=O)C(NCCCCO)Cc4cc(OCC)ccc43)ccc21. The molecule has 1 unspecified atom stereocenters. The zero-order valence-corrected chi connectivity index (χ0v) is 31.6. The van der Waals surface area contributed by atoms with Crippen molar-refractivity contribution in [3.05, 3.63) is 72.1 Å². The molecule has 3 aliphatic heterocycles. The fourth-order valence-corrected chi connectivity index (χ4v) is 11.0. The molecule has 4 N–H and O–H groups in total. The summed E-state index contributed by atoms with van der Waals surface area (Å²) in [6.45, 7) is 13.5. The van der Waals surface area contributed by atoms with E-state index in [-0.39, 0.29) is 43.0 Å². The average molecular weight is 733 g/mol. The zero-order chi connectivity index (χ0) is 37.2. The molecule has 5 atom stereocenters. The van der Waals surface area contributed by atoms with Gasteiger partial charge in [-0.3, -0.25) is 19.2 Å². The number of fused-ring (bicyclic) bond motifs is 3. The molecular weight excluding hydrogens is 681 g/mol. The Balaban J connectivity index is 1.41. The van der Waals surface area contributed by atoms with Crippen LogP contribution in [0.5, 0.6) is 5.75 Å². The van der Waals surface area contributed by atoms with Crippen molar-refractivity contribution in [1.29, 1.82) is 0 Å². The van der Waals surface area contributed by atoms with Crippen LogP contribution in [0.25, 0.3) is 0 Å².